The molecule has 2 amide bonds. The molecule has 0 aliphatic carbocycles. The molecule has 8 heteroatoms. The molecule has 25 heavy (non-hydrogen) atoms. The van der Waals surface area contributed by atoms with Gasteiger partial charge in [0.1, 0.15) is 11.6 Å². The molecule has 2 aromatic carbocycles. The third kappa shape index (κ3) is 3.74. The Hall–Kier alpha value is -3.42. The highest BCUT2D eigenvalue weighted by Gasteiger charge is 2.18. The zero-order chi connectivity index (χ0) is 17.8. The van der Waals surface area contributed by atoms with E-state index in [0.29, 0.717) is 16.7 Å². The predicted molar refractivity (Wildman–Crippen MR) is 88.2 cm³/mol. The number of nitrogens with zero attached hydrogens (tertiary/aromatic N) is 1. The van der Waals surface area contributed by atoms with Gasteiger partial charge in [0, 0.05) is 5.39 Å². The van der Waals surface area contributed by atoms with Gasteiger partial charge in [-0.2, -0.15) is 5.10 Å². The van der Waals surface area contributed by atoms with E-state index in [-0.39, 0.29) is 5.69 Å². The molecule has 1 atom stereocenters. The van der Waals surface area contributed by atoms with Crippen LogP contribution in [0, 0.1) is 5.82 Å². The first-order valence-corrected chi connectivity index (χ1v) is 7.50. The molecule has 0 fully saturated rings. The fourth-order valence-corrected chi connectivity index (χ4v) is 2.19. The van der Waals surface area contributed by atoms with Crippen LogP contribution < -0.4 is 15.6 Å². The Labute approximate surface area is 142 Å². The van der Waals surface area contributed by atoms with Crippen LogP contribution in [0.5, 0.6) is 5.75 Å². The molecule has 0 bridgehead atoms. The highest BCUT2D eigenvalue weighted by atomic mass is 19.1. The number of fused-ring (bicyclic) bond motifs is 1. The molecule has 0 aliphatic heterocycles. The molecule has 1 heterocycles. The molecule has 128 valence electrons. The van der Waals surface area contributed by atoms with Crippen LogP contribution in [0.15, 0.2) is 48.5 Å². The predicted octanol–water partition coefficient (Wildman–Crippen LogP) is 1.93. The van der Waals surface area contributed by atoms with Crippen molar-refractivity contribution in [3.05, 3.63) is 60.0 Å². The standard InChI is InChI=1S/C17H15FN4O3/c1-10(25-12-8-6-11(18)7-9-12)16(23)21-22-17(24)15-13-4-2-3-5-14(13)19-20-15/h2-10H,1H3,(H,19,20)(H,21,23)(H,22,24)/t10-/m0/s1. The number of halogens is 1. The summed E-state index contributed by atoms with van der Waals surface area (Å²) in [6.45, 7) is 1.51. The van der Waals surface area contributed by atoms with Crippen molar-refractivity contribution in [3.63, 3.8) is 0 Å². The minimum Gasteiger partial charge on any atom is -0.481 e. The van der Waals surface area contributed by atoms with E-state index in [4.69, 9.17) is 4.74 Å². The number of carbonyl (C=O) groups is 2. The van der Waals surface area contributed by atoms with Gasteiger partial charge in [-0.25, -0.2) is 4.39 Å². The zero-order valence-electron chi connectivity index (χ0n) is 13.2. The number of hydrogen-bond acceptors (Lipinski definition) is 4. The van der Waals surface area contributed by atoms with E-state index in [1.165, 1.54) is 31.2 Å². The summed E-state index contributed by atoms with van der Waals surface area (Å²) in [6.07, 6.45) is -0.887. The number of hydrogen-bond donors (Lipinski definition) is 3. The van der Waals surface area contributed by atoms with Gasteiger partial charge in [0.05, 0.1) is 5.52 Å². The van der Waals surface area contributed by atoms with Crippen LogP contribution in [0.25, 0.3) is 10.9 Å². The van der Waals surface area contributed by atoms with Crippen LogP contribution in [-0.4, -0.2) is 28.1 Å². The van der Waals surface area contributed by atoms with Crippen LogP contribution in [-0.2, 0) is 4.79 Å². The van der Waals surface area contributed by atoms with Gasteiger partial charge in [-0.15, -0.1) is 0 Å². The molecule has 7 nitrogen and oxygen atoms in total. The smallest absolute Gasteiger partial charge is 0.290 e. The van der Waals surface area contributed by atoms with E-state index in [0.717, 1.165) is 0 Å². The lowest BCUT2D eigenvalue weighted by molar-refractivity contribution is -0.128. The fourth-order valence-electron chi connectivity index (χ4n) is 2.19. The maximum atomic E-state index is 12.8. The Balaban J connectivity index is 1.57. The normalized spacial score (nSPS) is 11.8. The van der Waals surface area contributed by atoms with E-state index in [2.05, 4.69) is 21.0 Å². The van der Waals surface area contributed by atoms with E-state index in [9.17, 15) is 14.0 Å². The van der Waals surface area contributed by atoms with Crippen LogP contribution >= 0.6 is 0 Å². The molecule has 1 aromatic heterocycles. The molecule has 0 radical (unpaired) electrons. The van der Waals surface area contributed by atoms with Crippen molar-refractivity contribution >= 4 is 22.7 Å². The van der Waals surface area contributed by atoms with Crippen molar-refractivity contribution in [2.45, 2.75) is 13.0 Å². The van der Waals surface area contributed by atoms with E-state index >= 15 is 0 Å². The molecule has 0 aliphatic rings. The average Bonchev–Trinajstić information content (AvgIpc) is 3.05. The second-order valence-electron chi connectivity index (χ2n) is 5.28. The van der Waals surface area contributed by atoms with Crippen LogP contribution in [0.4, 0.5) is 4.39 Å². The highest BCUT2D eigenvalue weighted by molar-refractivity contribution is 6.05. The molecule has 0 saturated heterocycles. The van der Waals surface area contributed by atoms with Gasteiger partial charge in [0.2, 0.25) is 0 Å². The van der Waals surface area contributed by atoms with Crippen LogP contribution in [0.2, 0.25) is 0 Å². The van der Waals surface area contributed by atoms with Gasteiger partial charge in [-0.05, 0) is 37.3 Å². The van der Waals surface area contributed by atoms with Gasteiger partial charge >= 0.3 is 0 Å². The van der Waals surface area contributed by atoms with E-state index in [1.807, 2.05) is 6.07 Å². The molecular formula is C17H15FN4O3. The molecule has 3 N–H and O–H groups in total. The maximum Gasteiger partial charge on any atom is 0.290 e. The number of rotatable bonds is 4. The summed E-state index contributed by atoms with van der Waals surface area (Å²) in [5.41, 5.74) is 5.45. The number of aromatic amines is 1. The molecule has 3 aromatic rings. The number of ether oxygens (including phenoxy) is 1. The summed E-state index contributed by atoms with van der Waals surface area (Å²) in [6, 6.07) is 12.4. The lowest BCUT2D eigenvalue weighted by atomic mass is 10.2. The van der Waals surface area contributed by atoms with Crippen molar-refractivity contribution in [1.82, 2.24) is 21.0 Å². The first-order valence-electron chi connectivity index (χ1n) is 7.50. The van der Waals surface area contributed by atoms with E-state index < -0.39 is 23.7 Å². The summed E-state index contributed by atoms with van der Waals surface area (Å²) in [5, 5.41) is 7.32. The molecule has 0 spiro atoms. The number of benzene rings is 2. The largest absolute Gasteiger partial charge is 0.481 e. The summed E-state index contributed by atoms with van der Waals surface area (Å²) >= 11 is 0. The zero-order valence-corrected chi connectivity index (χ0v) is 13.2. The monoisotopic (exact) mass is 342 g/mol. The average molecular weight is 342 g/mol. The van der Waals surface area contributed by atoms with Crippen molar-refractivity contribution < 1.29 is 18.7 Å². The molecule has 0 saturated carbocycles. The second kappa shape index (κ2) is 7.00. The Bertz CT molecular complexity index is 908. The topological polar surface area (TPSA) is 96.1 Å². The van der Waals surface area contributed by atoms with Crippen molar-refractivity contribution in [2.75, 3.05) is 0 Å². The van der Waals surface area contributed by atoms with Crippen molar-refractivity contribution in [3.8, 4) is 5.75 Å². The second-order valence-corrected chi connectivity index (χ2v) is 5.28. The quantitative estimate of drug-likeness (QED) is 0.631. The number of aromatic nitrogens is 2. The van der Waals surface area contributed by atoms with Gasteiger partial charge in [0.15, 0.2) is 11.8 Å². The Morgan fingerprint density at radius 1 is 1.12 bits per heavy atom. The Kier molecular flexibility index (Phi) is 4.60. The first kappa shape index (κ1) is 16.4. The third-order valence-corrected chi connectivity index (χ3v) is 3.48. The Morgan fingerprint density at radius 3 is 2.60 bits per heavy atom. The van der Waals surface area contributed by atoms with Crippen LogP contribution in [0.3, 0.4) is 0 Å². The van der Waals surface area contributed by atoms with Gasteiger partial charge in [0.25, 0.3) is 11.8 Å². The summed E-state index contributed by atoms with van der Waals surface area (Å²) in [7, 11) is 0. The van der Waals surface area contributed by atoms with E-state index in [1.54, 1.807) is 18.2 Å². The third-order valence-electron chi connectivity index (χ3n) is 3.48. The molecule has 0 unspecified atom stereocenters. The molecular weight excluding hydrogens is 327 g/mol. The highest BCUT2D eigenvalue weighted by Crippen LogP contribution is 2.15. The summed E-state index contributed by atoms with van der Waals surface area (Å²) in [4.78, 5) is 24.2. The number of carbonyl (C=O) groups excluding carboxylic acids is 2. The first-order chi connectivity index (χ1) is 12.0. The van der Waals surface area contributed by atoms with Crippen LogP contribution in [0.1, 0.15) is 17.4 Å². The lowest BCUT2D eigenvalue weighted by Crippen LogP contribution is -2.47. The maximum absolute atomic E-state index is 12.8. The summed E-state index contributed by atoms with van der Waals surface area (Å²) < 4.78 is 18.2. The van der Waals surface area contributed by atoms with Crippen molar-refractivity contribution in [2.24, 2.45) is 0 Å². The molecule has 3 rings (SSSR count). The fraction of sp³-hybridized carbons (Fsp3) is 0.118. The van der Waals surface area contributed by atoms with Gasteiger partial charge in [-0.1, -0.05) is 18.2 Å². The van der Waals surface area contributed by atoms with Crippen molar-refractivity contribution in [1.29, 1.82) is 0 Å². The number of nitrogens with one attached hydrogen (secondary N) is 3. The SMILES string of the molecule is C[C@H](Oc1ccc(F)cc1)C(=O)NNC(=O)c1n[nH]c2ccccc12. The summed E-state index contributed by atoms with van der Waals surface area (Å²) in [5.74, 6) is -1.17. The number of H-pyrrole nitrogens is 1. The van der Waals surface area contributed by atoms with Gasteiger partial charge < -0.3 is 4.74 Å². The lowest BCUT2D eigenvalue weighted by Gasteiger charge is -2.14. The number of para-hydroxylation sites is 1. The number of amides is 2. The minimum atomic E-state index is -0.887. The Morgan fingerprint density at radius 2 is 1.84 bits per heavy atom. The van der Waals surface area contributed by atoms with Gasteiger partial charge in [-0.3, -0.25) is 25.5 Å². The minimum absolute atomic E-state index is 0.169. The number of hydrazine groups is 1.